The highest BCUT2D eigenvalue weighted by molar-refractivity contribution is 6.18. The molecule has 1 rings (SSSR count). The fourth-order valence-electron chi connectivity index (χ4n) is 1.63. The van der Waals surface area contributed by atoms with Crippen LogP contribution >= 0.6 is 11.6 Å². The minimum Gasteiger partial charge on any atom is -0.269 e. The lowest BCUT2D eigenvalue weighted by atomic mass is 10.2. The van der Waals surface area contributed by atoms with Crippen molar-refractivity contribution in [1.29, 1.82) is 0 Å². The summed E-state index contributed by atoms with van der Waals surface area (Å²) in [6.07, 6.45) is 4.49. The highest BCUT2D eigenvalue weighted by Gasteiger charge is 2.17. The molecule has 92 valence electrons. The number of hydrogen-bond donors (Lipinski definition) is 1. The standard InChI is InChI=1S/C9H17ClN4O2/c10-5-8-14(12-16)9(15)11-13-6-3-1-2-4-7-13/h1-8H2,(H,11,15). The van der Waals surface area contributed by atoms with Crippen LogP contribution in [0.4, 0.5) is 4.79 Å². The number of urea groups is 1. The molecule has 1 aliphatic heterocycles. The van der Waals surface area contributed by atoms with Crippen molar-refractivity contribution >= 4 is 17.6 Å². The van der Waals surface area contributed by atoms with Crippen molar-refractivity contribution in [2.24, 2.45) is 5.29 Å². The Labute approximate surface area is 99.8 Å². The molecular weight excluding hydrogens is 232 g/mol. The summed E-state index contributed by atoms with van der Waals surface area (Å²) in [6.45, 7) is 1.77. The van der Waals surface area contributed by atoms with Gasteiger partial charge in [0.15, 0.2) is 0 Å². The molecule has 6 nitrogen and oxygen atoms in total. The zero-order valence-corrected chi connectivity index (χ0v) is 9.95. The lowest BCUT2D eigenvalue weighted by Gasteiger charge is -2.22. The zero-order chi connectivity index (χ0) is 11.8. The molecule has 7 heteroatoms. The minimum absolute atomic E-state index is 0.130. The van der Waals surface area contributed by atoms with Crippen LogP contribution in [0.25, 0.3) is 0 Å². The van der Waals surface area contributed by atoms with Crippen LogP contribution in [-0.4, -0.2) is 41.6 Å². The third-order valence-electron chi connectivity index (χ3n) is 2.49. The maximum Gasteiger partial charge on any atom is 0.354 e. The number of nitroso groups, excluding NO2 is 1. The number of nitrogens with one attached hydrogen (secondary N) is 1. The normalized spacial score (nSPS) is 17.6. The summed E-state index contributed by atoms with van der Waals surface area (Å²) in [5, 5.41) is 5.27. The highest BCUT2D eigenvalue weighted by Crippen LogP contribution is 2.07. The summed E-state index contributed by atoms with van der Waals surface area (Å²) in [5.74, 6) is 0.194. The quantitative estimate of drug-likeness (QED) is 0.468. The average molecular weight is 249 g/mol. The van der Waals surface area contributed by atoms with Crippen molar-refractivity contribution in [3.05, 3.63) is 4.91 Å². The predicted octanol–water partition coefficient (Wildman–Crippen LogP) is 1.71. The van der Waals surface area contributed by atoms with E-state index in [4.69, 9.17) is 11.6 Å². The van der Waals surface area contributed by atoms with Crippen molar-refractivity contribution in [2.75, 3.05) is 25.5 Å². The van der Waals surface area contributed by atoms with E-state index < -0.39 is 6.03 Å². The number of carbonyl (C=O) groups is 1. The first-order valence-electron chi connectivity index (χ1n) is 5.50. The van der Waals surface area contributed by atoms with Gasteiger partial charge in [-0.25, -0.2) is 9.80 Å². The fourth-order valence-corrected chi connectivity index (χ4v) is 1.80. The molecule has 0 aromatic carbocycles. The smallest absolute Gasteiger partial charge is 0.269 e. The van der Waals surface area contributed by atoms with Gasteiger partial charge >= 0.3 is 6.03 Å². The SMILES string of the molecule is O=NN(CCCl)C(=O)NN1CCCCCC1. The molecule has 16 heavy (non-hydrogen) atoms. The molecule has 0 radical (unpaired) electrons. The van der Waals surface area contributed by atoms with Gasteiger partial charge in [0.1, 0.15) is 0 Å². The van der Waals surface area contributed by atoms with Gasteiger partial charge in [-0.2, -0.15) is 5.01 Å². The second kappa shape index (κ2) is 7.40. The predicted molar refractivity (Wildman–Crippen MR) is 61.8 cm³/mol. The van der Waals surface area contributed by atoms with E-state index in [2.05, 4.69) is 10.7 Å². The van der Waals surface area contributed by atoms with E-state index in [1.54, 1.807) is 0 Å². The summed E-state index contributed by atoms with van der Waals surface area (Å²) < 4.78 is 0. The highest BCUT2D eigenvalue weighted by atomic mass is 35.5. The molecule has 0 aromatic rings. The summed E-state index contributed by atoms with van der Waals surface area (Å²) in [7, 11) is 0. The molecule has 1 heterocycles. The summed E-state index contributed by atoms with van der Waals surface area (Å²) in [6, 6.07) is -0.502. The molecule has 0 aromatic heterocycles. The van der Waals surface area contributed by atoms with Crippen LogP contribution in [0.5, 0.6) is 0 Å². The second-order valence-corrected chi connectivity index (χ2v) is 4.09. The second-order valence-electron chi connectivity index (χ2n) is 3.71. The van der Waals surface area contributed by atoms with Gasteiger partial charge in [-0.05, 0) is 12.8 Å². The maximum atomic E-state index is 11.6. The van der Waals surface area contributed by atoms with Crippen molar-refractivity contribution < 1.29 is 4.79 Å². The van der Waals surface area contributed by atoms with Gasteiger partial charge in [-0.3, -0.25) is 5.43 Å². The van der Waals surface area contributed by atoms with Crippen molar-refractivity contribution in [2.45, 2.75) is 25.7 Å². The van der Waals surface area contributed by atoms with Crippen molar-refractivity contribution in [3.8, 4) is 0 Å². The van der Waals surface area contributed by atoms with Crippen LogP contribution < -0.4 is 5.43 Å². The molecule has 2 amide bonds. The Kier molecular flexibility index (Phi) is 6.10. The number of rotatable bonds is 4. The van der Waals surface area contributed by atoms with Crippen LogP contribution in [0.15, 0.2) is 5.29 Å². The Balaban J connectivity index is 2.38. The first-order chi connectivity index (χ1) is 7.77. The number of hydrogen-bond acceptors (Lipinski definition) is 4. The molecule has 0 aliphatic carbocycles. The maximum absolute atomic E-state index is 11.6. The lowest BCUT2D eigenvalue weighted by Crippen LogP contribution is -2.48. The number of nitrogens with zero attached hydrogens (tertiary/aromatic N) is 3. The zero-order valence-electron chi connectivity index (χ0n) is 9.19. The lowest BCUT2D eigenvalue weighted by molar-refractivity contribution is 0.150. The van der Waals surface area contributed by atoms with E-state index >= 15 is 0 Å². The largest absolute Gasteiger partial charge is 0.354 e. The van der Waals surface area contributed by atoms with Gasteiger partial charge < -0.3 is 0 Å². The minimum atomic E-state index is -0.502. The van der Waals surface area contributed by atoms with E-state index in [-0.39, 0.29) is 12.4 Å². The first kappa shape index (κ1) is 13.2. The van der Waals surface area contributed by atoms with E-state index in [0.717, 1.165) is 30.9 Å². The first-order valence-corrected chi connectivity index (χ1v) is 6.03. The fraction of sp³-hybridized carbons (Fsp3) is 0.889. The molecule has 0 spiro atoms. The molecular formula is C9H17ClN4O2. The third-order valence-corrected chi connectivity index (χ3v) is 2.66. The van der Waals surface area contributed by atoms with Gasteiger partial charge in [0.2, 0.25) is 0 Å². The Morgan fingerprint density at radius 2 is 1.94 bits per heavy atom. The van der Waals surface area contributed by atoms with Gasteiger partial charge in [0, 0.05) is 19.0 Å². The summed E-state index contributed by atoms with van der Waals surface area (Å²) in [4.78, 5) is 21.9. The van der Waals surface area contributed by atoms with Crippen LogP contribution in [0.2, 0.25) is 0 Å². The van der Waals surface area contributed by atoms with Gasteiger partial charge in [-0.1, -0.05) is 12.8 Å². The Morgan fingerprint density at radius 1 is 1.31 bits per heavy atom. The average Bonchev–Trinajstić information content (AvgIpc) is 2.54. The van der Waals surface area contributed by atoms with Crippen LogP contribution in [-0.2, 0) is 0 Å². The number of alkyl halides is 1. The Bertz CT molecular complexity index is 232. The Hall–Kier alpha value is -0.880. The van der Waals surface area contributed by atoms with Crippen LogP contribution in [0, 0.1) is 4.91 Å². The molecule has 1 fully saturated rings. The monoisotopic (exact) mass is 248 g/mol. The van der Waals surface area contributed by atoms with Crippen LogP contribution in [0.3, 0.4) is 0 Å². The topological polar surface area (TPSA) is 65.0 Å². The molecule has 0 bridgehead atoms. The van der Waals surface area contributed by atoms with Gasteiger partial charge in [0.05, 0.1) is 11.8 Å². The van der Waals surface area contributed by atoms with Gasteiger partial charge in [-0.15, -0.1) is 16.5 Å². The van der Waals surface area contributed by atoms with E-state index in [1.165, 1.54) is 12.8 Å². The number of amides is 2. The number of hydrazine groups is 1. The Morgan fingerprint density at radius 3 is 2.44 bits per heavy atom. The number of carbonyl (C=O) groups excluding carboxylic acids is 1. The molecule has 0 unspecified atom stereocenters. The van der Waals surface area contributed by atoms with Gasteiger partial charge in [0.25, 0.3) is 0 Å². The molecule has 1 saturated heterocycles. The van der Waals surface area contributed by atoms with Crippen molar-refractivity contribution in [3.63, 3.8) is 0 Å². The number of halogens is 1. The van der Waals surface area contributed by atoms with E-state index in [1.807, 2.05) is 5.01 Å². The van der Waals surface area contributed by atoms with Crippen molar-refractivity contribution in [1.82, 2.24) is 15.4 Å². The third kappa shape index (κ3) is 4.32. The molecule has 0 saturated carbocycles. The van der Waals surface area contributed by atoms with E-state index in [0.29, 0.717) is 0 Å². The van der Waals surface area contributed by atoms with Crippen LogP contribution in [0.1, 0.15) is 25.7 Å². The molecule has 1 aliphatic rings. The molecule has 0 atom stereocenters. The summed E-state index contributed by atoms with van der Waals surface area (Å²) in [5.41, 5.74) is 2.66. The van der Waals surface area contributed by atoms with E-state index in [9.17, 15) is 9.70 Å². The summed E-state index contributed by atoms with van der Waals surface area (Å²) >= 11 is 5.45. The molecule has 1 N–H and O–H groups in total.